The van der Waals surface area contributed by atoms with Crippen molar-refractivity contribution in [2.24, 2.45) is 0 Å². The van der Waals surface area contributed by atoms with E-state index in [0.717, 1.165) is 54.4 Å². The second-order valence-corrected chi connectivity index (χ2v) is 8.06. The van der Waals surface area contributed by atoms with Gasteiger partial charge in [-0.05, 0) is 12.8 Å². The molecule has 0 atom stereocenters. The van der Waals surface area contributed by atoms with Crippen LogP contribution in [0.15, 0.2) is 0 Å². The van der Waals surface area contributed by atoms with Gasteiger partial charge >= 0.3 is 11.9 Å². The van der Waals surface area contributed by atoms with E-state index in [1.807, 2.05) is 13.8 Å². The largest absolute Gasteiger partial charge is 0.466 e. The summed E-state index contributed by atoms with van der Waals surface area (Å²) in [7, 11) is 8.59. The van der Waals surface area contributed by atoms with Crippen LogP contribution in [0, 0.1) is 0 Å². The second-order valence-electron chi connectivity index (χ2n) is 8.06. The van der Waals surface area contributed by atoms with E-state index in [-0.39, 0.29) is 11.9 Å². The van der Waals surface area contributed by atoms with Crippen LogP contribution in [0.3, 0.4) is 0 Å². The number of esters is 2. The van der Waals surface area contributed by atoms with Gasteiger partial charge in [0.25, 0.3) is 0 Å². The highest BCUT2D eigenvalue weighted by Gasteiger charge is 2.22. The smallest absolute Gasteiger partial charge is 0.311 e. The SMILES string of the molecule is CCCOC(=O)CC[N+](C)(C)CCC[N+](C)(C)CCC(=O)OCCC. The Morgan fingerprint density at radius 2 is 1.04 bits per heavy atom. The van der Waals surface area contributed by atoms with Crippen LogP contribution in [-0.4, -0.2) is 88.5 Å². The van der Waals surface area contributed by atoms with E-state index in [0.29, 0.717) is 26.1 Å². The summed E-state index contributed by atoms with van der Waals surface area (Å²) in [4.78, 5) is 23.3. The Kier molecular flexibility index (Phi) is 11.7. The van der Waals surface area contributed by atoms with Gasteiger partial charge in [-0.3, -0.25) is 9.59 Å². The molecule has 0 aliphatic heterocycles. The van der Waals surface area contributed by atoms with Crippen molar-refractivity contribution in [1.29, 1.82) is 0 Å². The van der Waals surface area contributed by atoms with E-state index in [1.165, 1.54) is 0 Å². The van der Waals surface area contributed by atoms with Gasteiger partial charge in [0.2, 0.25) is 0 Å². The zero-order valence-electron chi connectivity index (χ0n) is 17.3. The van der Waals surface area contributed by atoms with Gasteiger partial charge < -0.3 is 18.4 Å². The monoisotopic (exact) mass is 360 g/mol. The topological polar surface area (TPSA) is 52.6 Å². The van der Waals surface area contributed by atoms with Crippen LogP contribution in [0.4, 0.5) is 0 Å². The van der Waals surface area contributed by atoms with Gasteiger partial charge in [0.05, 0.1) is 80.4 Å². The lowest BCUT2D eigenvalue weighted by molar-refractivity contribution is -0.908. The molecule has 0 aliphatic rings. The molecule has 0 rings (SSSR count). The number of hydrogen-bond acceptors (Lipinski definition) is 4. The fraction of sp³-hybridized carbons (Fsp3) is 0.895. The maximum atomic E-state index is 11.6. The van der Waals surface area contributed by atoms with Gasteiger partial charge in [-0.2, -0.15) is 0 Å². The Morgan fingerprint density at radius 1 is 0.680 bits per heavy atom. The minimum atomic E-state index is -0.102. The molecule has 0 aliphatic carbocycles. The van der Waals surface area contributed by atoms with Crippen LogP contribution in [0.2, 0.25) is 0 Å². The van der Waals surface area contributed by atoms with Gasteiger partial charge in [-0.15, -0.1) is 0 Å². The summed E-state index contributed by atoms with van der Waals surface area (Å²) in [5.41, 5.74) is 0. The predicted octanol–water partition coefficient (Wildman–Crippen LogP) is 2.22. The van der Waals surface area contributed by atoms with Gasteiger partial charge in [0, 0.05) is 6.42 Å². The molecule has 6 heteroatoms. The van der Waals surface area contributed by atoms with Crippen LogP contribution in [-0.2, 0) is 19.1 Å². The molecule has 0 amide bonds. The lowest BCUT2D eigenvalue weighted by Crippen LogP contribution is -2.46. The quantitative estimate of drug-likeness (QED) is 0.352. The van der Waals surface area contributed by atoms with Crippen LogP contribution in [0.5, 0.6) is 0 Å². The van der Waals surface area contributed by atoms with Crippen molar-refractivity contribution in [2.45, 2.75) is 46.0 Å². The van der Waals surface area contributed by atoms with Crippen molar-refractivity contribution >= 4 is 11.9 Å². The van der Waals surface area contributed by atoms with Crippen molar-refractivity contribution in [3.8, 4) is 0 Å². The molecule has 0 aromatic heterocycles. The number of quaternary nitrogens is 2. The molecule has 0 heterocycles. The summed E-state index contributed by atoms with van der Waals surface area (Å²) < 4.78 is 11.9. The normalized spacial score (nSPS) is 12.1. The number of nitrogens with zero attached hydrogens (tertiary/aromatic N) is 2. The maximum Gasteiger partial charge on any atom is 0.311 e. The van der Waals surface area contributed by atoms with E-state index in [4.69, 9.17) is 9.47 Å². The Morgan fingerprint density at radius 3 is 1.36 bits per heavy atom. The van der Waals surface area contributed by atoms with E-state index in [9.17, 15) is 9.59 Å². The minimum absolute atomic E-state index is 0.102. The molecule has 0 saturated carbocycles. The van der Waals surface area contributed by atoms with Crippen LogP contribution in [0.25, 0.3) is 0 Å². The molecule has 0 aromatic carbocycles. The third kappa shape index (κ3) is 13.8. The number of carbonyl (C=O) groups excluding carboxylic acids is 2. The van der Waals surface area contributed by atoms with Crippen molar-refractivity contribution in [1.82, 2.24) is 0 Å². The third-order valence-corrected chi connectivity index (χ3v) is 4.30. The van der Waals surface area contributed by atoms with E-state index in [1.54, 1.807) is 0 Å². The van der Waals surface area contributed by atoms with Crippen molar-refractivity contribution in [3.63, 3.8) is 0 Å². The molecule has 6 nitrogen and oxygen atoms in total. The Labute approximate surface area is 154 Å². The van der Waals surface area contributed by atoms with E-state index < -0.39 is 0 Å². The average Bonchev–Trinajstić information content (AvgIpc) is 2.54. The molecule has 0 bridgehead atoms. The number of ether oxygens (including phenoxy) is 2. The standard InChI is InChI=1S/C19H40N2O4/c1-7-16-24-18(22)10-14-20(3,4)12-9-13-21(5,6)15-11-19(23)25-17-8-2/h7-17H2,1-6H3/q+2. The molecular formula is C19H40N2O4+2. The van der Waals surface area contributed by atoms with E-state index in [2.05, 4.69) is 28.2 Å². The molecule has 0 spiro atoms. The molecule has 0 aromatic rings. The average molecular weight is 361 g/mol. The first-order valence-electron chi connectivity index (χ1n) is 9.57. The summed E-state index contributed by atoms with van der Waals surface area (Å²) in [6, 6.07) is 0. The van der Waals surface area contributed by atoms with E-state index >= 15 is 0 Å². The van der Waals surface area contributed by atoms with Gasteiger partial charge in [-0.25, -0.2) is 0 Å². The molecule has 0 fully saturated rings. The zero-order chi connectivity index (χ0) is 19.3. The number of carbonyl (C=O) groups is 2. The number of rotatable bonds is 14. The molecule has 25 heavy (non-hydrogen) atoms. The lowest BCUT2D eigenvalue weighted by atomic mass is 10.2. The third-order valence-electron chi connectivity index (χ3n) is 4.30. The molecule has 0 radical (unpaired) electrons. The second kappa shape index (κ2) is 12.3. The Balaban J connectivity index is 4.03. The van der Waals surface area contributed by atoms with Crippen molar-refractivity contribution < 1.29 is 28.0 Å². The fourth-order valence-electron chi connectivity index (χ4n) is 2.51. The van der Waals surface area contributed by atoms with Gasteiger partial charge in [-0.1, -0.05) is 13.8 Å². The lowest BCUT2D eigenvalue weighted by Gasteiger charge is -2.33. The molecular weight excluding hydrogens is 320 g/mol. The highest BCUT2D eigenvalue weighted by atomic mass is 16.5. The first kappa shape index (κ1) is 23.9. The maximum absolute atomic E-state index is 11.6. The first-order chi connectivity index (χ1) is 11.6. The van der Waals surface area contributed by atoms with Crippen LogP contribution in [0.1, 0.15) is 46.0 Å². The molecule has 148 valence electrons. The first-order valence-corrected chi connectivity index (χ1v) is 9.57. The van der Waals surface area contributed by atoms with Gasteiger partial charge in [0.1, 0.15) is 0 Å². The van der Waals surface area contributed by atoms with Crippen LogP contribution >= 0.6 is 0 Å². The molecule has 0 saturated heterocycles. The minimum Gasteiger partial charge on any atom is -0.466 e. The summed E-state index contributed by atoms with van der Waals surface area (Å²) >= 11 is 0. The predicted molar refractivity (Wildman–Crippen MR) is 100 cm³/mol. The molecule has 0 N–H and O–H groups in total. The van der Waals surface area contributed by atoms with Crippen LogP contribution < -0.4 is 0 Å². The number of hydrogen-bond donors (Lipinski definition) is 0. The summed E-state index contributed by atoms with van der Waals surface area (Å²) in [6.07, 6.45) is 3.71. The summed E-state index contributed by atoms with van der Waals surface area (Å²) in [5, 5.41) is 0. The fourth-order valence-corrected chi connectivity index (χ4v) is 2.51. The highest BCUT2D eigenvalue weighted by Crippen LogP contribution is 2.07. The van der Waals surface area contributed by atoms with Crippen molar-refractivity contribution in [3.05, 3.63) is 0 Å². The molecule has 0 unspecified atom stereocenters. The zero-order valence-corrected chi connectivity index (χ0v) is 17.3. The Bertz CT molecular complexity index is 359. The summed E-state index contributed by atoms with van der Waals surface area (Å²) in [5.74, 6) is -0.204. The van der Waals surface area contributed by atoms with Gasteiger partial charge in [0.15, 0.2) is 0 Å². The highest BCUT2D eigenvalue weighted by molar-refractivity contribution is 5.69. The van der Waals surface area contributed by atoms with Crippen molar-refractivity contribution in [2.75, 3.05) is 67.6 Å². The summed E-state index contributed by atoms with van der Waals surface area (Å²) in [6.45, 7) is 8.61. The Hall–Kier alpha value is -1.14.